The Morgan fingerprint density at radius 2 is 2.33 bits per heavy atom. The topological polar surface area (TPSA) is 56.3 Å². The summed E-state index contributed by atoms with van der Waals surface area (Å²) in [6.45, 7) is 6.58. The van der Waals surface area contributed by atoms with E-state index in [9.17, 15) is 4.79 Å². The molecule has 0 amide bonds. The highest BCUT2D eigenvalue weighted by atomic mass is 16.3. The third-order valence-corrected chi connectivity index (χ3v) is 3.72. The standard InChI is InChI=1S/C14H22N2O2/c1-10-7-13(11(2)15-10)14(18)9-16-5-3-12(8-16)4-6-17/h7,12,15,17H,3-6,8-9H2,1-2H3. The van der Waals surface area contributed by atoms with E-state index in [1.807, 2.05) is 19.9 Å². The Kier molecular flexibility index (Phi) is 4.19. The number of aromatic nitrogens is 1. The van der Waals surface area contributed by atoms with Gasteiger partial charge in [-0.15, -0.1) is 0 Å². The zero-order valence-electron chi connectivity index (χ0n) is 11.2. The second-order valence-electron chi connectivity index (χ2n) is 5.32. The molecule has 4 nitrogen and oxygen atoms in total. The first-order valence-electron chi connectivity index (χ1n) is 6.62. The van der Waals surface area contributed by atoms with Gasteiger partial charge >= 0.3 is 0 Å². The number of nitrogens with one attached hydrogen (secondary N) is 1. The van der Waals surface area contributed by atoms with Crippen LogP contribution in [0.25, 0.3) is 0 Å². The molecule has 18 heavy (non-hydrogen) atoms. The lowest BCUT2D eigenvalue weighted by atomic mass is 10.1. The number of hydrogen-bond acceptors (Lipinski definition) is 3. The van der Waals surface area contributed by atoms with Gasteiger partial charge in [0.1, 0.15) is 0 Å². The van der Waals surface area contributed by atoms with Crippen LogP contribution in [0.3, 0.4) is 0 Å². The second kappa shape index (κ2) is 5.67. The van der Waals surface area contributed by atoms with E-state index >= 15 is 0 Å². The molecule has 100 valence electrons. The van der Waals surface area contributed by atoms with Crippen molar-refractivity contribution in [1.29, 1.82) is 0 Å². The molecule has 0 spiro atoms. The summed E-state index contributed by atoms with van der Waals surface area (Å²) < 4.78 is 0. The van der Waals surface area contributed by atoms with Gasteiger partial charge in [0.25, 0.3) is 0 Å². The van der Waals surface area contributed by atoms with Crippen LogP contribution in [0.2, 0.25) is 0 Å². The van der Waals surface area contributed by atoms with E-state index < -0.39 is 0 Å². The van der Waals surface area contributed by atoms with Crippen LogP contribution in [-0.4, -0.2) is 47.0 Å². The highest BCUT2D eigenvalue weighted by molar-refractivity contribution is 5.98. The fourth-order valence-corrected chi connectivity index (χ4v) is 2.78. The third kappa shape index (κ3) is 3.00. The molecule has 0 aromatic carbocycles. The molecule has 1 saturated heterocycles. The first-order valence-corrected chi connectivity index (χ1v) is 6.62. The normalized spacial score (nSPS) is 20.5. The molecule has 0 aliphatic carbocycles. The Morgan fingerprint density at radius 3 is 2.94 bits per heavy atom. The summed E-state index contributed by atoms with van der Waals surface area (Å²) in [6, 6.07) is 1.93. The highest BCUT2D eigenvalue weighted by Gasteiger charge is 2.24. The van der Waals surface area contributed by atoms with Crippen molar-refractivity contribution in [2.45, 2.75) is 26.7 Å². The van der Waals surface area contributed by atoms with Crippen molar-refractivity contribution in [3.05, 3.63) is 23.0 Å². The van der Waals surface area contributed by atoms with Crippen molar-refractivity contribution in [2.24, 2.45) is 5.92 Å². The molecule has 1 aliphatic heterocycles. The van der Waals surface area contributed by atoms with Gasteiger partial charge in [-0.3, -0.25) is 9.69 Å². The number of aliphatic hydroxyl groups excluding tert-OH is 1. The average molecular weight is 250 g/mol. The van der Waals surface area contributed by atoms with Gasteiger partial charge in [-0.05, 0) is 45.2 Å². The Balaban J connectivity index is 1.91. The fourth-order valence-electron chi connectivity index (χ4n) is 2.78. The molecule has 1 aromatic heterocycles. The van der Waals surface area contributed by atoms with E-state index in [-0.39, 0.29) is 12.4 Å². The summed E-state index contributed by atoms with van der Waals surface area (Å²) >= 11 is 0. The van der Waals surface area contributed by atoms with Gasteiger partial charge in [0, 0.05) is 30.1 Å². The van der Waals surface area contributed by atoms with Gasteiger partial charge in [-0.1, -0.05) is 0 Å². The van der Waals surface area contributed by atoms with Crippen molar-refractivity contribution in [2.75, 3.05) is 26.2 Å². The second-order valence-corrected chi connectivity index (χ2v) is 5.32. The number of likely N-dealkylation sites (tertiary alicyclic amines) is 1. The maximum Gasteiger partial charge on any atom is 0.178 e. The molecule has 0 bridgehead atoms. The van der Waals surface area contributed by atoms with Crippen molar-refractivity contribution >= 4 is 5.78 Å². The summed E-state index contributed by atoms with van der Waals surface area (Å²) in [5, 5.41) is 8.92. The number of rotatable bonds is 5. The van der Waals surface area contributed by atoms with Crippen LogP contribution < -0.4 is 0 Å². The number of aryl methyl sites for hydroxylation is 2. The van der Waals surface area contributed by atoms with E-state index in [4.69, 9.17) is 5.11 Å². The molecule has 2 N–H and O–H groups in total. The van der Waals surface area contributed by atoms with Crippen molar-refractivity contribution in [3.8, 4) is 0 Å². The molecule has 1 aliphatic rings. The van der Waals surface area contributed by atoms with Gasteiger partial charge in [0.15, 0.2) is 5.78 Å². The zero-order chi connectivity index (χ0) is 13.1. The first-order chi connectivity index (χ1) is 8.60. The van der Waals surface area contributed by atoms with E-state index in [0.717, 1.165) is 42.9 Å². The van der Waals surface area contributed by atoms with Crippen molar-refractivity contribution < 1.29 is 9.90 Å². The van der Waals surface area contributed by atoms with E-state index in [2.05, 4.69) is 9.88 Å². The summed E-state index contributed by atoms with van der Waals surface area (Å²) in [5.41, 5.74) is 2.82. The van der Waals surface area contributed by atoms with E-state index in [0.29, 0.717) is 12.5 Å². The molecule has 1 aromatic rings. The number of H-pyrrole nitrogens is 1. The van der Waals surface area contributed by atoms with Gasteiger partial charge in [-0.2, -0.15) is 0 Å². The molecule has 0 saturated carbocycles. The quantitative estimate of drug-likeness (QED) is 0.779. The summed E-state index contributed by atoms with van der Waals surface area (Å²) in [5.74, 6) is 0.748. The largest absolute Gasteiger partial charge is 0.396 e. The van der Waals surface area contributed by atoms with Crippen LogP contribution in [0, 0.1) is 19.8 Å². The Labute approximate surface area is 108 Å². The molecular weight excluding hydrogens is 228 g/mol. The minimum Gasteiger partial charge on any atom is -0.396 e. The lowest BCUT2D eigenvalue weighted by Gasteiger charge is -2.14. The number of hydrogen-bond donors (Lipinski definition) is 2. The fraction of sp³-hybridized carbons (Fsp3) is 0.643. The maximum absolute atomic E-state index is 12.2. The highest BCUT2D eigenvalue weighted by Crippen LogP contribution is 2.20. The number of carbonyl (C=O) groups is 1. The number of Topliss-reactive ketones (excluding diaryl/α,β-unsaturated/α-hetero) is 1. The predicted octanol–water partition coefficient (Wildman–Crippen LogP) is 1.52. The zero-order valence-corrected chi connectivity index (χ0v) is 11.2. The monoisotopic (exact) mass is 250 g/mol. The van der Waals surface area contributed by atoms with Gasteiger partial charge in [0.2, 0.25) is 0 Å². The molecule has 2 rings (SSSR count). The number of nitrogens with zero attached hydrogens (tertiary/aromatic N) is 1. The Bertz CT molecular complexity index is 425. The Morgan fingerprint density at radius 1 is 1.56 bits per heavy atom. The Hall–Kier alpha value is -1.13. The maximum atomic E-state index is 12.2. The molecule has 0 radical (unpaired) electrons. The van der Waals surface area contributed by atoms with Crippen LogP contribution in [0.15, 0.2) is 6.07 Å². The van der Waals surface area contributed by atoms with Crippen LogP contribution in [0.5, 0.6) is 0 Å². The number of aromatic amines is 1. The minimum absolute atomic E-state index is 0.196. The molecule has 4 heteroatoms. The lowest BCUT2D eigenvalue weighted by Crippen LogP contribution is -2.28. The number of carbonyl (C=O) groups excluding carboxylic acids is 1. The van der Waals surface area contributed by atoms with Gasteiger partial charge in [0.05, 0.1) is 6.54 Å². The van der Waals surface area contributed by atoms with Crippen molar-refractivity contribution in [1.82, 2.24) is 9.88 Å². The first kappa shape index (κ1) is 13.3. The molecule has 1 fully saturated rings. The van der Waals surface area contributed by atoms with E-state index in [1.165, 1.54) is 0 Å². The van der Waals surface area contributed by atoms with E-state index in [1.54, 1.807) is 0 Å². The van der Waals surface area contributed by atoms with Gasteiger partial charge < -0.3 is 10.1 Å². The molecular formula is C14H22N2O2. The minimum atomic E-state index is 0.196. The SMILES string of the molecule is Cc1cc(C(=O)CN2CCC(CCO)C2)c(C)[nH]1. The predicted molar refractivity (Wildman–Crippen MR) is 70.8 cm³/mol. The molecule has 1 unspecified atom stereocenters. The van der Waals surface area contributed by atoms with Crippen LogP contribution >= 0.6 is 0 Å². The summed E-state index contributed by atoms with van der Waals surface area (Å²) in [4.78, 5) is 17.6. The number of aliphatic hydroxyl groups is 1. The number of ketones is 1. The van der Waals surface area contributed by atoms with Crippen LogP contribution in [-0.2, 0) is 0 Å². The molecule has 1 atom stereocenters. The van der Waals surface area contributed by atoms with Crippen LogP contribution in [0.4, 0.5) is 0 Å². The molecule has 2 heterocycles. The van der Waals surface area contributed by atoms with Crippen LogP contribution in [0.1, 0.15) is 34.6 Å². The van der Waals surface area contributed by atoms with Crippen molar-refractivity contribution in [3.63, 3.8) is 0 Å². The summed E-state index contributed by atoms with van der Waals surface area (Å²) in [7, 11) is 0. The smallest absolute Gasteiger partial charge is 0.178 e. The lowest BCUT2D eigenvalue weighted by molar-refractivity contribution is 0.0942. The third-order valence-electron chi connectivity index (χ3n) is 3.72. The van der Waals surface area contributed by atoms with Gasteiger partial charge in [-0.25, -0.2) is 0 Å². The average Bonchev–Trinajstić information content (AvgIpc) is 2.86. The summed E-state index contributed by atoms with van der Waals surface area (Å²) in [6.07, 6.45) is 1.95.